The molecule has 2 aromatic heterocycles. The zero-order valence-electron chi connectivity index (χ0n) is 13.1. The molecule has 6 heteroatoms. The molecule has 1 amide bonds. The van der Waals surface area contributed by atoms with E-state index in [0.29, 0.717) is 12.2 Å². The topological polar surface area (TPSA) is 91.3 Å². The summed E-state index contributed by atoms with van der Waals surface area (Å²) in [4.78, 5) is 20.9. The maximum absolute atomic E-state index is 12.4. The number of nitrogens with one attached hydrogen (secondary N) is 1. The van der Waals surface area contributed by atoms with Crippen molar-refractivity contribution in [2.45, 2.75) is 6.54 Å². The third kappa shape index (κ3) is 2.79. The number of hydrogen-bond acceptors (Lipinski definition) is 5. The van der Waals surface area contributed by atoms with Crippen LogP contribution in [-0.2, 0) is 6.54 Å². The van der Waals surface area contributed by atoms with E-state index in [0.717, 1.165) is 22.4 Å². The Balaban J connectivity index is 1.61. The van der Waals surface area contributed by atoms with Gasteiger partial charge in [-0.25, -0.2) is 4.98 Å². The summed E-state index contributed by atoms with van der Waals surface area (Å²) in [5.41, 5.74) is 4.87. The number of benzene rings is 1. The molecule has 0 bridgehead atoms. The number of anilines is 1. The fourth-order valence-electron chi connectivity index (χ4n) is 2.73. The molecule has 120 valence electrons. The van der Waals surface area contributed by atoms with Crippen LogP contribution in [0.1, 0.15) is 32.9 Å². The molecule has 6 nitrogen and oxygen atoms in total. The number of aromatic nitrogens is 1. The minimum absolute atomic E-state index is 0.197. The first-order chi connectivity index (χ1) is 12.2. The zero-order chi connectivity index (χ0) is 17.2. The van der Waals surface area contributed by atoms with Crippen molar-refractivity contribution >= 4 is 17.3 Å². The third-order valence-corrected chi connectivity index (χ3v) is 3.92. The first-order valence-corrected chi connectivity index (χ1v) is 7.63. The molecule has 0 saturated carbocycles. The van der Waals surface area contributed by atoms with Crippen LogP contribution in [-0.4, -0.2) is 16.6 Å². The SMILES string of the molecule is N#Cc1cccc(C(=O)Nc2ccc3c(c2)C(c2ccoc2)=NC3)n1. The number of hydrogen-bond donors (Lipinski definition) is 1. The van der Waals surface area contributed by atoms with E-state index < -0.39 is 0 Å². The van der Waals surface area contributed by atoms with E-state index in [1.807, 2.05) is 30.3 Å². The largest absolute Gasteiger partial charge is 0.472 e. The second-order valence-corrected chi connectivity index (χ2v) is 5.52. The van der Waals surface area contributed by atoms with Gasteiger partial charge in [0.05, 0.1) is 24.8 Å². The van der Waals surface area contributed by atoms with Gasteiger partial charge in [-0.05, 0) is 35.9 Å². The summed E-state index contributed by atoms with van der Waals surface area (Å²) >= 11 is 0. The second-order valence-electron chi connectivity index (χ2n) is 5.52. The Morgan fingerprint density at radius 2 is 2.16 bits per heavy atom. The van der Waals surface area contributed by atoms with Crippen LogP contribution in [0.3, 0.4) is 0 Å². The maximum Gasteiger partial charge on any atom is 0.274 e. The molecular formula is C19H12N4O2. The Kier molecular flexibility index (Phi) is 3.60. The lowest BCUT2D eigenvalue weighted by atomic mass is 10.0. The van der Waals surface area contributed by atoms with Gasteiger partial charge in [0.25, 0.3) is 5.91 Å². The van der Waals surface area contributed by atoms with Crippen LogP contribution < -0.4 is 5.32 Å². The minimum Gasteiger partial charge on any atom is -0.472 e. The normalized spacial score (nSPS) is 12.2. The average molecular weight is 328 g/mol. The number of fused-ring (bicyclic) bond motifs is 1. The number of rotatable bonds is 3. The van der Waals surface area contributed by atoms with Gasteiger partial charge in [0.15, 0.2) is 0 Å². The van der Waals surface area contributed by atoms with Crippen molar-refractivity contribution in [2.24, 2.45) is 4.99 Å². The highest BCUT2D eigenvalue weighted by atomic mass is 16.3. The molecule has 1 N–H and O–H groups in total. The molecule has 1 aromatic carbocycles. The van der Waals surface area contributed by atoms with Crippen LogP contribution in [0.5, 0.6) is 0 Å². The number of carbonyl (C=O) groups excluding carboxylic acids is 1. The lowest BCUT2D eigenvalue weighted by Crippen LogP contribution is -2.14. The van der Waals surface area contributed by atoms with E-state index in [1.54, 1.807) is 30.7 Å². The predicted octanol–water partition coefficient (Wildman–Crippen LogP) is 3.15. The zero-order valence-corrected chi connectivity index (χ0v) is 13.1. The number of nitrogens with zero attached hydrogens (tertiary/aromatic N) is 3. The number of amides is 1. The smallest absolute Gasteiger partial charge is 0.274 e. The summed E-state index contributed by atoms with van der Waals surface area (Å²) in [6, 6.07) is 14.2. The highest BCUT2D eigenvalue weighted by Gasteiger charge is 2.19. The molecule has 1 aliphatic rings. The number of pyridine rings is 1. The van der Waals surface area contributed by atoms with Gasteiger partial charge in [0.2, 0.25) is 0 Å². The van der Waals surface area contributed by atoms with E-state index in [-0.39, 0.29) is 17.3 Å². The van der Waals surface area contributed by atoms with Gasteiger partial charge in [-0.3, -0.25) is 9.79 Å². The number of furan rings is 1. The standard InChI is InChI=1S/C19H12N4O2/c20-9-15-2-1-3-17(22-15)19(24)23-14-5-4-12-10-21-18(16(12)8-14)13-6-7-25-11-13/h1-8,11H,10H2,(H,23,24). The van der Waals surface area contributed by atoms with Crippen molar-refractivity contribution < 1.29 is 9.21 Å². The van der Waals surface area contributed by atoms with Crippen LogP contribution in [0.25, 0.3) is 0 Å². The van der Waals surface area contributed by atoms with E-state index >= 15 is 0 Å². The molecule has 0 radical (unpaired) electrons. The Labute approximate surface area is 143 Å². The van der Waals surface area contributed by atoms with Gasteiger partial charge in [0.1, 0.15) is 17.5 Å². The highest BCUT2D eigenvalue weighted by Crippen LogP contribution is 2.26. The molecule has 3 aromatic rings. The van der Waals surface area contributed by atoms with Crippen LogP contribution in [0.4, 0.5) is 5.69 Å². The first-order valence-electron chi connectivity index (χ1n) is 7.63. The lowest BCUT2D eigenvalue weighted by Gasteiger charge is -2.08. The maximum atomic E-state index is 12.4. The van der Waals surface area contributed by atoms with Gasteiger partial charge in [-0.1, -0.05) is 12.1 Å². The molecule has 1 aliphatic heterocycles. The van der Waals surface area contributed by atoms with Gasteiger partial charge in [0, 0.05) is 16.8 Å². The minimum atomic E-state index is -0.364. The Morgan fingerprint density at radius 1 is 1.24 bits per heavy atom. The van der Waals surface area contributed by atoms with Crippen LogP contribution in [0, 0.1) is 11.3 Å². The van der Waals surface area contributed by atoms with E-state index in [1.165, 1.54) is 0 Å². The van der Waals surface area contributed by atoms with E-state index in [9.17, 15) is 4.79 Å². The second kappa shape index (κ2) is 6.06. The van der Waals surface area contributed by atoms with Crippen molar-refractivity contribution in [1.82, 2.24) is 4.98 Å². The van der Waals surface area contributed by atoms with Gasteiger partial charge in [-0.2, -0.15) is 5.26 Å². The van der Waals surface area contributed by atoms with Crippen molar-refractivity contribution in [1.29, 1.82) is 5.26 Å². The summed E-state index contributed by atoms with van der Waals surface area (Å²) in [7, 11) is 0. The lowest BCUT2D eigenvalue weighted by molar-refractivity contribution is 0.102. The molecule has 4 rings (SSSR count). The molecular weight excluding hydrogens is 316 g/mol. The number of carbonyl (C=O) groups is 1. The quantitative estimate of drug-likeness (QED) is 0.799. The van der Waals surface area contributed by atoms with Crippen molar-refractivity contribution in [2.75, 3.05) is 5.32 Å². The first kappa shape index (κ1) is 14.8. The molecule has 25 heavy (non-hydrogen) atoms. The van der Waals surface area contributed by atoms with Crippen molar-refractivity contribution in [3.05, 3.63) is 83.1 Å². The summed E-state index contributed by atoms with van der Waals surface area (Å²) in [6.45, 7) is 0.607. The van der Waals surface area contributed by atoms with Gasteiger partial charge < -0.3 is 9.73 Å². The molecule has 0 saturated heterocycles. The highest BCUT2D eigenvalue weighted by molar-refractivity contribution is 6.15. The van der Waals surface area contributed by atoms with Crippen LogP contribution in [0.2, 0.25) is 0 Å². The monoisotopic (exact) mass is 328 g/mol. The summed E-state index contributed by atoms with van der Waals surface area (Å²) in [6.07, 6.45) is 3.26. The summed E-state index contributed by atoms with van der Waals surface area (Å²) in [5, 5.41) is 11.7. The molecule has 0 fully saturated rings. The molecule has 0 spiro atoms. The third-order valence-electron chi connectivity index (χ3n) is 3.92. The predicted molar refractivity (Wildman–Crippen MR) is 91.4 cm³/mol. The van der Waals surface area contributed by atoms with E-state index in [4.69, 9.17) is 9.68 Å². The Bertz CT molecular complexity index is 1030. The van der Waals surface area contributed by atoms with Crippen molar-refractivity contribution in [3.63, 3.8) is 0 Å². The van der Waals surface area contributed by atoms with Crippen LogP contribution in [0.15, 0.2) is 64.4 Å². The van der Waals surface area contributed by atoms with E-state index in [2.05, 4.69) is 15.3 Å². The Hall–Kier alpha value is -3.72. The molecule has 0 atom stereocenters. The summed E-state index contributed by atoms with van der Waals surface area (Å²) in [5.74, 6) is -0.364. The van der Waals surface area contributed by atoms with Gasteiger partial charge in [-0.15, -0.1) is 0 Å². The number of aliphatic imine (C=N–C) groups is 1. The van der Waals surface area contributed by atoms with Gasteiger partial charge >= 0.3 is 0 Å². The number of nitriles is 1. The van der Waals surface area contributed by atoms with Crippen molar-refractivity contribution in [3.8, 4) is 6.07 Å². The fourth-order valence-corrected chi connectivity index (χ4v) is 2.73. The molecule has 0 aliphatic carbocycles. The summed E-state index contributed by atoms with van der Waals surface area (Å²) < 4.78 is 5.13. The average Bonchev–Trinajstić information content (AvgIpc) is 3.30. The van der Waals surface area contributed by atoms with Crippen LogP contribution >= 0.6 is 0 Å². The fraction of sp³-hybridized carbons (Fsp3) is 0.0526. The molecule has 3 heterocycles. The molecule has 0 unspecified atom stereocenters. The Morgan fingerprint density at radius 3 is 2.96 bits per heavy atom.